The highest BCUT2D eigenvalue weighted by atomic mass is 19.1. The Labute approximate surface area is 157 Å². The summed E-state index contributed by atoms with van der Waals surface area (Å²) in [7, 11) is 2.95. The van der Waals surface area contributed by atoms with Gasteiger partial charge in [0.15, 0.2) is 0 Å². The van der Waals surface area contributed by atoms with Crippen molar-refractivity contribution in [2.45, 2.75) is 19.1 Å². The first kappa shape index (κ1) is 20.4. The van der Waals surface area contributed by atoms with Crippen molar-refractivity contribution in [3.8, 4) is 5.75 Å². The first-order valence-corrected chi connectivity index (χ1v) is 8.39. The number of hydrogen-bond donors (Lipinski definition) is 2. The number of para-hydroxylation sites is 1. The van der Waals surface area contributed by atoms with Gasteiger partial charge in [0.05, 0.1) is 13.7 Å². The molecule has 0 aromatic heterocycles. The van der Waals surface area contributed by atoms with E-state index in [0.717, 1.165) is 5.56 Å². The molecule has 0 radical (unpaired) electrons. The average Bonchev–Trinajstić information content (AvgIpc) is 2.70. The second-order valence-corrected chi connectivity index (χ2v) is 6.09. The molecule has 2 aromatic rings. The molecule has 0 fully saturated rings. The zero-order valence-corrected chi connectivity index (χ0v) is 15.5. The highest BCUT2D eigenvalue weighted by Crippen LogP contribution is 2.26. The van der Waals surface area contributed by atoms with Crippen molar-refractivity contribution in [2.24, 2.45) is 0 Å². The van der Waals surface area contributed by atoms with Gasteiger partial charge in [-0.2, -0.15) is 0 Å². The van der Waals surface area contributed by atoms with E-state index in [1.165, 1.54) is 20.3 Å². The van der Waals surface area contributed by atoms with Gasteiger partial charge in [-0.05, 0) is 19.1 Å². The molecule has 2 rings (SSSR count). The molecule has 7 heteroatoms. The van der Waals surface area contributed by atoms with Crippen molar-refractivity contribution in [3.05, 3.63) is 65.5 Å². The number of nitrogens with one attached hydrogen (secondary N) is 2. The van der Waals surface area contributed by atoms with Crippen LogP contribution in [0.4, 0.5) is 4.39 Å². The zero-order valence-electron chi connectivity index (χ0n) is 15.5. The summed E-state index contributed by atoms with van der Waals surface area (Å²) < 4.78 is 24.6. The number of rotatable bonds is 7. The van der Waals surface area contributed by atoms with E-state index >= 15 is 0 Å². The molecule has 6 nitrogen and oxygen atoms in total. The molecule has 0 aliphatic heterocycles. The third-order valence-electron chi connectivity index (χ3n) is 4.32. The number of amides is 2. The Bertz CT molecular complexity index is 812. The van der Waals surface area contributed by atoms with E-state index in [-0.39, 0.29) is 13.1 Å². The van der Waals surface area contributed by atoms with Gasteiger partial charge in [0.25, 0.3) is 0 Å². The summed E-state index contributed by atoms with van der Waals surface area (Å²) in [6, 6.07) is 13.3. The zero-order chi connectivity index (χ0) is 19.9. The molecule has 0 heterocycles. The molecule has 0 bridgehead atoms. The normalized spacial score (nSPS) is 12.7. The molecule has 0 saturated heterocycles. The van der Waals surface area contributed by atoms with E-state index in [2.05, 4.69) is 10.6 Å². The summed E-state index contributed by atoms with van der Waals surface area (Å²) in [4.78, 5) is 24.1. The van der Waals surface area contributed by atoms with Crippen LogP contribution in [0.15, 0.2) is 48.5 Å². The van der Waals surface area contributed by atoms with Gasteiger partial charge in [0, 0.05) is 24.8 Å². The van der Waals surface area contributed by atoms with Gasteiger partial charge in [-0.25, -0.2) is 4.39 Å². The van der Waals surface area contributed by atoms with Crippen LogP contribution in [0.5, 0.6) is 5.75 Å². The molecule has 2 N–H and O–H groups in total. The highest BCUT2D eigenvalue weighted by Gasteiger charge is 2.30. The van der Waals surface area contributed by atoms with Crippen LogP contribution in [0.2, 0.25) is 0 Å². The molecule has 0 aliphatic rings. The topological polar surface area (TPSA) is 76.7 Å². The fourth-order valence-electron chi connectivity index (χ4n) is 2.60. The van der Waals surface area contributed by atoms with Crippen LogP contribution >= 0.6 is 0 Å². The van der Waals surface area contributed by atoms with Gasteiger partial charge >= 0.3 is 11.8 Å². The minimum atomic E-state index is -1.11. The Kier molecular flexibility index (Phi) is 6.90. The maximum absolute atomic E-state index is 14.1. The third kappa shape index (κ3) is 5.04. The Balaban J connectivity index is 1.95. The monoisotopic (exact) mass is 374 g/mol. The highest BCUT2D eigenvalue weighted by molar-refractivity contribution is 6.35. The number of benzene rings is 2. The Morgan fingerprint density at radius 1 is 1.00 bits per heavy atom. The number of hydrogen-bond acceptors (Lipinski definition) is 4. The fraction of sp³-hybridized carbons (Fsp3) is 0.300. The van der Waals surface area contributed by atoms with E-state index in [1.807, 2.05) is 12.1 Å². The lowest BCUT2D eigenvalue weighted by molar-refractivity contribution is -0.140. The van der Waals surface area contributed by atoms with E-state index in [4.69, 9.17) is 9.47 Å². The van der Waals surface area contributed by atoms with E-state index < -0.39 is 23.2 Å². The molecular weight excluding hydrogens is 351 g/mol. The molecule has 1 atom stereocenters. The minimum absolute atomic E-state index is 0.0641. The van der Waals surface area contributed by atoms with Crippen LogP contribution in [-0.2, 0) is 26.5 Å². The molecule has 0 saturated carbocycles. The van der Waals surface area contributed by atoms with E-state index in [0.29, 0.717) is 11.3 Å². The number of carbonyl (C=O) groups is 2. The first-order valence-electron chi connectivity index (χ1n) is 8.39. The lowest BCUT2D eigenvalue weighted by atomic mass is 9.95. The van der Waals surface area contributed by atoms with Crippen LogP contribution in [0.3, 0.4) is 0 Å². The molecule has 27 heavy (non-hydrogen) atoms. The maximum atomic E-state index is 14.1. The average molecular weight is 374 g/mol. The molecule has 2 amide bonds. The maximum Gasteiger partial charge on any atom is 0.309 e. The summed E-state index contributed by atoms with van der Waals surface area (Å²) in [5, 5.41) is 5.02. The van der Waals surface area contributed by atoms with Crippen LogP contribution in [0.25, 0.3) is 0 Å². The molecule has 144 valence electrons. The Morgan fingerprint density at radius 3 is 2.30 bits per heavy atom. The molecule has 0 spiro atoms. The summed E-state index contributed by atoms with van der Waals surface area (Å²) in [6.45, 7) is 1.72. The second-order valence-electron chi connectivity index (χ2n) is 6.09. The van der Waals surface area contributed by atoms with Crippen LogP contribution < -0.4 is 15.4 Å². The smallest absolute Gasteiger partial charge is 0.309 e. The van der Waals surface area contributed by atoms with Gasteiger partial charge < -0.3 is 20.1 Å². The summed E-state index contributed by atoms with van der Waals surface area (Å²) in [6.07, 6.45) is 0. The van der Waals surface area contributed by atoms with Crippen LogP contribution in [0.1, 0.15) is 18.1 Å². The molecule has 0 unspecified atom stereocenters. The third-order valence-corrected chi connectivity index (χ3v) is 4.32. The van der Waals surface area contributed by atoms with Crippen molar-refractivity contribution >= 4 is 11.8 Å². The van der Waals surface area contributed by atoms with Gasteiger partial charge in [0.1, 0.15) is 17.2 Å². The largest absolute Gasteiger partial charge is 0.496 e. The van der Waals surface area contributed by atoms with Crippen molar-refractivity contribution in [1.29, 1.82) is 0 Å². The van der Waals surface area contributed by atoms with Crippen molar-refractivity contribution < 1.29 is 23.5 Å². The van der Waals surface area contributed by atoms with Gasteiger partial charge in [-0.15, -0.1) is 0 Å². The minimum Gasteiger partial charge on any atom is -0.496 e. The summed E-state index contributed by atoms with van der Waals surface area (Å²) in [5.74, 6) is -1.46. The number of halogens is 1. The van der Waals surface area contributed by atoms with E-state index in [9.17, 15) is 14.0 Å². The van der Waals surface area contributed by atoms with Crippen molar-refractivity contribution in [2.75, 3.05) is 20.8 Å². The Morgan fingerprint density at radius 2 is 1.63 bits per heavy atom. The quantitative estimate of drug-likeness (QED) is 0.728. The fourth-order valence-corrected chi connectivity index (χ4v) is 2.60. The molecule has 2 aromatic carbocycles. The predicted octanol–water partition coefficient (Wildman–Crippen LogP) is 2.13. The van der Waals surface area contributed by atoms with Gasteiger partial charge in [-0.3, -0.25) is 9.59 Å². The number of methoxy groups -OCH3 is 2. The second kappa shape index (κ2) is 9.14. The lowest BCUT2D eigenvalue weighted by Gasteiger charge is -2.29. The van der Waals surface area contributed by atoms with Crippen molar-refractivity contribution in [1.82, 2.24) is 10.6 Å². The van der Waals surface area contributed by atoms with Gasteiger partial charge in [-0.1, -0.05) is 36.4 Å². The Hall–Kier alpha value is -2.93. The van der Waals surface area contributed by atoms with Crippen LogP contribution in [-0.4, -0.2) is 32.6 Å². The van der Waals surface area contributed by atoms with Gasteiger partial charge in [0.2, 0.25) is 0 Å². The summed E-state index contributed by atoms with van der Waals surface area (Å²) in [5.41, 5.74) is -0.0688. The predicted molar refractivity (Wildman–Crippen MR) is 98.6 cm³/mol. The molecule has 0 aliphatic carbocycles. The SMILES string of the molecule is COc1ccccc1CNC(=O)C(=O)NC[C@](C)(OC)c1ccccc1F. The van der Waals surface area contributed by atoms with Crippen molar-refractivity contribution in [3.63, 3.8) is 0 Å². The lowest BCUT2D eigenvalue weighted by Crippen LogP contribution is -2.46. The summed E-state index contributed by atoms with van der Waals surface area (Å²) >= 11 is 0. The standard InChI is InChI=1S/C20H23FN2O4/c1-20(27-3,15-9-5-6-10-16(15)21)13-23-19(25)18(24)22-12-14-8-4-7-11-17(14)26-2/h4-11H,12-13H2,1-3H3,(H,22,24)(H,23,25)/t20-/m0/s1. The number of carbonyl (C=O) groups excluding carboxylic acids is 2. The van der Waals surface area contributed by atoms with Crippen LogP contribution in [0, 0.1) is 5.82 Å². The first-order chi connectivity index (χ1) is 12.9. The number of ether oxygens (including phenoxy) is 2. The van der Waals surface area contributed by atoms with E-state index in [1.54, 1.807) is 37.3 Å². The molecular formula is C20H23FN2O4.